The van der Waals surface area contributed by atoms with Gasteiger partial charge < -0.3 is 4.90 Å². The van der Waals surface area contributed by atoms with Crippen LogP contribution in [0, 0.1) is 6.92 Å². The second-order valence-corrected chi connectivity index (χ2v) is 5.96. The number of anilines is 1. The molecule has 1 atom stereocenters. The summed E-state index contributed by atoms with van der Waals surface area (Å²) in [5.74, 6) is 0.721. The van der Waals surface area contributed by atoms with Crippen molar-refractivity contribution in [2.75, 3.05) is 11.9 Å². The highest BCUT2D eigenvalue weighted by molar-refractivity contribution is 6.21. The first kappa shape index (κ1) is 15.3. The van der Waals surface area contributed by atoms with Crippen LogP contribution >= 0.6 is 0 Å². The second kappa shape index (κ2) is 6.24. The van der Waals surface area contributed by atoms with Crippen molar-refractivity contribution in [2.24, 2.45) is 4.99 Å². The summed E-state index contributed by atoms with van der Waals surface area (Å²) in [6, 6.07) is 17.8. The second-order valence-electron chi connectivity index (χ2n) is 5.96. The number of rotatable bonds is 3. The molecular formula is C19H21N3O. The minimum absolute atomic E-state index is 0.0174. The zero-order valence-corrected chi connectivity index (χ0v) is 13.7. The van der Waals surface area contributed by atoms with Crippen LogP contribution < -0.4 is 4.90 Å². The Kier molecular flexibility index (Phi) is 4.15. The van der Waals surface area contributed by atoms with Gasteiger partial charge in [0.15, 0.2) is 0 Å². The van der Waals surface area contributed by atoms with Crippen LogP contribution in [-0.2, 0) is 11.3 Å². The third-order valence-corrected chi connectivity index (χ3v) is 3.98. The molecule has 0 spiro atoms. The van der Waals surface area contributed by atoms with Gasteiger partial charge in [0.2, 0.25) is 5.96 Å². The lowest BCUT2D eigenvalue weighted by molar-refractivity contribution is -0.117. The minimum atomic E-state index is -0.343. The Labute approximate surface area is 137 Å². The molecule has 2 aromatic rings. The van der Waals surface area contributed by atoms with Crippen LogP contribution in [0.4, 0.5) is 5.69 Å². The van der Waals surface area contributed by atoms with Crippen molar-refractivity contribution in [3.63, 3.8) is 0 Å². The van der Waals surface area contributed by atoms with E-state index in [9.17, 15) is 4.79 Å². The first-order valence-corrected chi connectivity index (χ1v) is 7.80. The van der Waals surface area contributed by atoms with Crippen LogP contribution in [0.3, 0.4) is 0 Å². The summed E-state index contributed by atoms with van der Waals surface area (Å²) in [4.78, 5) is 20.8. The third kappa shape index (κ3) is 3.11. The van der Waals surface area contributed by atoms with E-state index in [1.807, 2.05) is 68.3 Å². The van der Waals surface area contributed by atoms with Gasteiger partial charge in [0, 0.05) is 13.6 Å². The maximum atomic E-state index is 12.5. The summed E-state index contributed by atoms with van der Waals surface area (Å²) in [6.07, 6.45) is 0. The summed E-state index contributed by atoms with van der Waals surface area (Å²) in [5, 5.41) is 0. The fourth-order valence-corrected chi connectivity index (χ4v) is 2.71. The molecule has 0 saturated heterocycles. The quantitative estimate of drug-likeness (QED) is 0.873. The molecule has 4 heteroatoms. The number of amides is 1. The molecule has 0 N–H and O–H groups in total. The van der Waals surface area contributed by atoms with Crippen molar-refractivity contribution in [1.82, 2.24) is 4.90 Å². The van der Waals surface area contributed by atoms with Crippen LogP contribution in [0.5, 0.6) is 0 Å². The molecule has 0 fully saturated rings. The average Bonchev–Trinajstić information content (AvgIpc) is 2.85. The number of hydrogen-bond donors (Lipinski definition) is 0. The first-order chi connectivity index (χ1) is 11.1. The normalized spacial score (nSPS) is 17.3. The Bertz CT molecular complexity index is 722. The lowest BCUT2D eigenvalue weighted by atomic mass is 10.2. The molecular weight excluding hydrogens is 286 g/mol. The Balaban J connectivity index is 1.87. The summed E-state index contributed by atoms with van der Waals surface area (Å²) in [7, 11) is 1.97. The summed E-state index contributed by atoms with van der Waals surface area (Å²) < 4.78 is 0. The summed E-state index contributed by atoms with van der Waals surface area (Å²) in [5.41, 5.74) is 3.22. The van der Waals surface area contributed by atoms with Gasteiger partial charge in [-0.25, -0.2) is 9.89 Å². The van der Waals surface area contributed by atoms with E-state index in [-0.39, 0.29) is 11.9 Å². The van der Waals surface area contributed by atoms with Crippen molar-refractivity contribution in [3.05, 3.63) is 65.7 Å². The van der Waals surface area contributed by atoms with Gasteiger partial charge >= 0.3 is 0 Å². The zero-order chi connectivity index (χ0) is 16.4. The van der Waals surface area contributed by atoms with Crippen LogP contribution in [0.1, 0.15) is 18.1 Å². The lowest BCUT2D eigenvalue weighted by Gasteiger charge is -2.26. The minimum Gasteiger partial charge on any atom is -0.341 e. The SMILES string of the molecule is Cc1ccc(N2C(=O)C(C)N=C2N(C)Cc2ccccc2)cc1. The van der Waals surface area contributed by atoms with Crippen molar-refractivity contribution >= 4 is 17.6 Å². The standard InChI is InChI=1S/C19H21N3O/c1-14-9-11-17(12-10-14)22-18(23)15(2)20-19(22)21(3)13-16-7-5-4-6-8-16/h4-12,15H,13H2,1-3H3. The van der Waals surface area contributed by atoms with Crippen molar-refractivity contribution < 1.29 is 4.79 Å². The number of aliphatic imine (C=N–C) groups is 1. The molecule has 0 radical (unpaired) electrons. The van der Waals surface area contributed by atoms with Crippen LogP contribution in [0.2, 0.25) is 0 Å². The molecule has 23 heavy (non-hydrogen) atoms. The first-order valence-electron chi connectivity index (χ1n) is 7.80. The van der Waals surface area contributed by atoms with Gasteiger partial charge in [0.05, 0.1) is 5.69 Å². The predicted octanol–water partition coefficient (Wildman–Crippen LogP) is 3.22. The number of hydrogen-bond acceptors (Lipinski definition) is 3. The van der Waals surface area contributed by atoms with Gasteiger partial charge in [-0.2, -0.15) is 0 Å². The Hall–Kier alpha value is -2.62. The monoisotopic (exact) mass is 307 g/mol. The molecule has 118 valence electrons. The number of guanidine groups is 1. The molecule has 1 unspecified atom stereocenters. The largest absolute Gasteiger partial charge is 0.341 e. The van der Waals surface area contributed by atoms with Crippen LogP contribution in [0.25, 0.3) is 0 Å². The molecule has 1 heterocycles. The molecule has 1 aliphatic rings. The van der Waals surface area contributed by atoms with E-state index in [0.29, 0.717) is 12.5 Å². The number of benzene rings is 2. The van der Waals surface area contributed by atoms with Gasteiger partial charge in [0.1, 0.15) is 6.04 Å². The van der Waals surface area contributed by atoms with E-state index in [1.54, 1.807) is 4.90 Å². The summed E-state index contributed by atoms with van der Waals surface area (Å²) >= 11 is 0. The van der Waals surface area contributed by atoms with E-state index < -0.39 is 0 Å². The van der Waals surface area contributed by atoms with E-state index in [0.717, 1.165) is 5.69 Å². The average molecular weight is 307 g/mol. The predicted molar refractivity (Wildman–Crippen MR) is 93.5 cm³/mol. The number of aryl methyl sites for hydroxylation is 1. The smallest absolute Gasteiger partial charge is 0.258 e. The highest BCUT2D eigenvalue weighted by Crippen LogP contribution is 2.23. The number of nitrogens with zero attached hydrogens (tertiary/aromatic N) is 3. The molecule has 1 amide bonds. The van der Waals surface area contributed by atoms with Gasteiger partial charge in [-0.3, -0.25) is 4.79 Å². The Morgan fingerprint density at radius 1 is 1.09 bits per heavy atom. The van der Waals surface area contributed by atoms with E-state index in [1.165, 1.54) is 11.1 Å². The summed E-state index contributed by atoms with van der Waals surface area (Å²) in [6.45, 7) is 4.59. The lowest BCUT2D eigenvalue weighted by Crippen LogP contribution is -2.42. The molecule has 2 aromatic carbocycles. The van der Waals surface area contributed by atoms with E-state index in [4.69, 9.17) is 0 Å². The van der Waals surface area contributed by atoms with Crippen molar-refractivity contribution in [3.8, 4) is 0 Å². The fraction of sp³-hybridized carbons (Fsp3) is 0.263. The molecule has 0 aliphatic carbocycles. The molecule has 0 aromatic heterocycles. The van der Waals surface area contributed by atoms with Crippen LogP contribution in [0.15, 0.2) is 59.6 Å². The number of carbonyl (C=O) groups is 1. The van der Waals surface area contributed by atoms with Gasteiger partial charge in [-0.05, 0) is 31.5 Å². The highest BCUT2D eigenvalue weighted by atomic mass is 16.2. The molecule has 1 aliphatic heterocycles. The maximum absolute atomic E-state index is 12.5. The van der Waals surface area contributed by atoms with Crippen LogP contribution in [-0.4, -0.2) is 29.9 Å². The third-order valence-electron chi connectivity index (χ3n) is 3.98. The van der Waals surface area contributed by atoms with Gasteiger partial charge in [-0.15, -0.1) is 0 Å². The Morgan fingerprint density at radius 2 is 1.74 bits per heavy atom. The molecule has 3 rings (SSSR count). The van der Waals surface area contributed by atoms with E-state index >= 15 is 0 Å². The number of carbonyl (C=O) groups excluding carboxylic acids is 1. The van der Waals surface area contributed by atoms with E-state index in [2.05, 4.69) is 17.1 Å². The van der Waals surface area contributed by atoms with Gasteiger partial charge in [0.25, 0.3) is 5.91 Å². The maximum Gasteiger partial charge on any atom is 0.258 e. The highest BCUT2D eigenvalue weighted by Gasteiger charge is 2.34. The Morgan fingerprint density at radius 3 is 2.39 bits per heavy atom. The topological polar surface area (TPSA) is 35.9 Å². The molecule has 0 saturated carbocycles. The van der Waals surface area contributed by atoms with Crippen molar-refractivity contribution in [2.45, 2.75) is 26.4 Å². The molecule has 0 bridgehead atoms. The van der Waals surface area contributed by atoms with Gasteiger partial charge in [-0.1, -0.05) is 48.0 Å². The zero-order valence-electron chi connectivity index (χ0n) is 13.7. The fourth-order valence-electron chi connectivity index (χ4n) is 2.71. The molecule has 4 nitrogen and oxygen atoms in total. The van der Waals surface area contributed by atoms with Crippen molar-refractivity contribution in [1.29, 1.82) is 0 Å².